The number of aryl methyl sites for hydroxylation is 1. The molecule has 5 heteroatoms. The number of nitrogens with two attached hydrogens (primary N) is 1. The summed E-state index contributed by atoms with van der Waals surface area (Å²) in [4.78, 5) is 12.3. The highest BCUT2D eigenvalue weighted by Crippen LogP contribution is 2.25. The fraction of sp³-hybridized carbons (Fsp3) is 0.588. The van der Waals surface area contributed by atoms with Crippen LogP contribution in [0, 0.1) is 12.3 Å². The van der Waals surface area contributed by atoms with Crippen molar-refractivity contribution in [2.45, 2.75) is 46.6 Å². The van der Waals surface area contributed by atoms with E-state index in [4.69, 9.17) is 10.5 Å². The Morgan fingerprint density at radius 2 is 2.00 bits per heavy atom. The molecule has 0 heterocycles. The molecule has 0 aliphatic carbocycles. The lowest BCUT2D eigenvalue weighted by molar-refractivity contribution is -0.131. The number of ether oxygens (including phenoxy) is 1. The quantitative estimate of drug-likeness (QED) is 0.770. The van der Waals surface area contributed by atoms with Gasteiger partial charge >= 0.3 is 0 Å². The van der Waals surface area contributed by atoms with E-state index in [1.54, 1.807) is 0 Å². The van der Waals surface area contributed by atoms with Gasteiger partial charge in [0.15, 0.2) is 0 Å². The summed E-state index contributed by atoms with van der Waals surface area (Å²) in [5.41, 5.74) is 6.48. The van der Waals surface area contributed by atoms with Crippen molar-refractivity contribution in [2.75, 3.05) is 13.1 Å². The predicted molar refractivity (Wildman–Crippen MR) is 93.6 cm³/mol. The molecule has 0 spiro atoms. The van der Waals surface area contributed by atoms with E-state index < -0.39 is 5.41 Å². The number of amides is 1. The molecular weight excluding hydrogens is 300 g/mol. The van der Waals surface area contributed by atoms with Crippen LogP contribution in [0.4, 0.5) is 0 Å². The molecule has 0 aliphatic heterocycles. The van der Waals surface area contributed by atoms with E-state index in [0.717, 1.165) is 24.2 Å². The largest absolute Gasteiger partial charge is 0.489 e. The van der Waals surface area contributed by atoms with E-state index in [1.807, 2.05) is 52.0 Å². The summed E-state index contributed by atoms with van der Waals surface area (Å²) in [6.45, 7) is 8.83. The van der Waals surface area contributed by atoms with Crippen molar-refractivity contribution in [1.82, 2.24) is 5.32 Å². The first kappa shape index (κ1) is 20.7. The molecule has 0 bridgehead atoms. The Kier molecular flexibility index (Phi) is 9.14. The van der Waals surface area contributed by atoms with Crippen LogP contribution in [0.15, 0.2) is 24.3 Å². The third kappa shape index (κ3) is 5.50. The summed E-state index contributed by atoms with van der Waals surface area (Å²) in [7, 11) is 0. The topological polar surface area (TPSA) is 64.4 Å². The van der Waals surface area contributed by atoms with Gasteiger partial charge in [-0.25, -0.2) is 0 Å². The number of halogens is 1. The molecule has 126 valence electrons. The van der Waals surface area contributed by atoms with E-state index in [-0.39, 0.29) is 24.4 Å². The number of benzene rings is 1. The van der Waals surface area contributed by atoms with Crippen LogP contribution in [0.2, 0.25) is 0 Å². The van der Waals surface area contributed by atoms with E-state index in [1.165, 1.54) is 0 Å². The molecule has 0 saturated carbocycles. The summed E-state index contributed by atoms with van der Waals surface area (Å²) in [5.74, 6) is 0.850. The second-order valence-corrected chi connectivity index (χ2v) is 5.65. The van der Waals surface area contributed by atoms with Crippen LogP contribution in [-0.4, -0.2) is 25.1 Å². The molecule has 0 saturated heterocycles. The number of carbonyl (C=O) groups excluding carboxylic acids is 1. The van der Waals surface area contributed by atoms with Crippen molar-refractivity contribution in [3.8, 4) is 5.75 Å². The molecule has 0 aliphatic rings. The van der Waals surface area contributed by atoms with Gasteiger partial charge in [-0.1, -0.05) is 26.0 Å². The van der Waals surface area contributed by atoms with Crippen molar-refractivity contribution < 1.29 is 9.53 Å². The number of carbonyl (C=O) groups is 1. The van der Waals surface area contributed by atoms with Gasteiger partial charge in [0.25, 0.3) is 0 Å². The van der Waals surface area contributed by atoms with Crippen LogP contribution >= 0.6 is 12.4 Å². The normalized spacial score (nSPS) is 12.2. The van der Waals surface area contributed by atoms with Gasteiger partial charge in [-0.3, -0.25) is 4.79 Å². The standard InChI is InChI=1S/C17H28N2O2.ClH/c1-5-17(6-2,12-18)16(20)19-11-14(4)21-15-9-7-8-13(3)10-15;/h7-10,14H,5-6,11-12,18H2,1-4H3,(H,19,20);1H. The Balaban J connectivity index is 0.00000441. The summed E-state index contributed by atoms with van der Waals surface area (Å²) in [5, 5.41) is 2.97. The summed E-state index contributed by atoms with van der Waals surface area (Å²) >= 11 is 0. The predicted octanol–water partition coefficient (Wildman–Crippen LogP) is 3.07. The Bertz CT molecular complexity index is 453. The number of rotatable bonds is 8. The van der Waals surface area contributed by atoms with Gasteiger partial charge in [0.05, 0.1) is 12.0 Å². The van der Waals surface area contributed by atoms with E-state index in [0.29, 0.717) is 13.1 Å². The van der Waals surface area contributed by atoms with Crippen molar-refractivity contribution in [1.29, 1.82) is 0 Å². The van der Waals surface area contributed by atoms with Gasteiger partial charge in [-0.2, -0.15) is 0 Å². The van der Waals surface area contributed by atoms with Crippen molar-refractivity contribution >= 4 is 18.3 Å². The summed E-state index contributed by atoms with van der Waals surface area (Å²) in [6.07, 6.45) is 1.41. The highest BCUT2D eigenvalue weighted by atomic mass is 35.5. The third-order valence-corrected chi connectivity index (χ3v) is 4.10. The Morgan fingerprint density at radius 3 is 2.50 bits per heavy atom. The number of hydrogen-bond donors (Lipinski definition) is 2. The molecule has 0 aromatic heterocycles. The third-order valence-electron chi connectivity index (χ3n) is 4.10. The maximum absolute atomic E-state index is 12.3. The van der Waals surface area contributed by atoms with Crippen molar-refractivity contribution in [2.24, 2.45) is 11.1 Å². The molecule has 0 radical (unpaired) electrons. The average Bonchev–Trinajstić information content (AvgIpc) is 2.47. The zero-order valence-corrected chi connectivity index (χ0v) is 14.8. The summed E-state index contributed by atoms with van der Waals surface area (Å²) in [6, 6.07) is 7.90. The highest BCUT2D eigenvalue weighted by Gasteiger charge is 2.33. The van der Waals surface area contributed by atoms with Crippen molar-refractivity contribution in [3.05, 3.63) is 29.8 Å². The zero-order chi connectivity index (χ0) is 15.9. The van der Waals surface area contributed by atoms with Crippen LogP contribution in [-0.2, 0) is 4.79 Å². The summed E-state index contributed by atoms with van der Waals surface area (Å²) < 4.78 is 5.81. The smallest absolute Gasteiger partial charge is 0.227 e. The maximum atomic E-state index is 12.3. The maximum Gasteiger partial charge on any atom is 0.227 e. The van der Waals surface area contributed by atoms with Gasteiger partial charge in [0, 0.05) is 6.54 Å². The minimum absolute atomic E-state index is 0. The molecule has 3 N–H and O–H groups in total. The van der Waals surface area contributed by atoms with Crippen LogP contribution in [0.5, 0.6) is 5.75 Å². The minimum atomic E-state index is -0.455. The first-order chi connectivity index (χ1) is 9.97. The zero-order valence-electron chi connectivity index (χ0n) is 14.0. The second-order valence-electron chi connectivity index (χ2n) is 5.65. The van der Waals surface area contributed by atoms with Crippen LogP contribution in [0.1, 0.15) is 39.2 Å². The monoisotopic (exact) mass is 328 g/mol. The van der Waals surface area contributed by atoms with Gasteiger partial charge < -0.3 is 15.8 Å². The molecule has 1 unspecified atom stereocenters. The molecule has 1 amide bonds. The van der Waals surface area contributed by atoms with Crippen LogP contribution in [0.25, 0.3) is 0 Å². The van der Waals surface area contributed by atoms with E-state index in [2.05, 4.69) is 5.32 Å². The van der Waals surface area contributed by atoms with Gasteiger partial charge in [-0.05, 0) is 44.4 Å². The lowest BCUT2D eigenvalue weighted by Crippen LogP contribution is -2.47. The Labute approximate surface area is 140 Å². The molecule has 4 nitrogen and oxygen atoms in total. The molecule has 22 heavy (non-hydrogen) atoms. The molecule has 1 rings (SSSR count). The minimum Gasteiger partial charge on any atom is -0.489 e. The molecule has 0 fully saturated rings. The Hall–Kier alpha value is -1.26. The van der Waals surface area contributed by atoms with Crippen molar-refractivity contribution in [3.63, 3.8) is 0 Å². The fourth-order valence-electron chi connectivity index (χ4n) is 2.34. The molecule has 1 aromatic carbocycles. The first-order valence-electron chi connectivity index (χ1n) is 7.69. The highest BCUT2D eigenvalue weighted by molar-refractivity contribution is 5.85. The Morgan fingerprint density at radius 1 is 1.36 bits per heavy atom. The van der Waals surface area contributed by atoms with Gasteiger partial charge in [0.2, 0.25) is 5.91 Å². The number of nitrogens with one attached hydrogen (secondary N) is 1. The van der Waals surface area contributed by atoms with E-state index in [9.17, 15) is 4.79 Å². The van der Waals surface area contributed by atoms with Crippen LogP contribution < -0.4 is 15.8 Å². The second kappa shape index (κ2) is 9.70. The lowest BCUT2D eigenvalue weighted by Gasteiger charge is -2.29. The number of hydrogen-bond acceptors (Lipinski definition) is 3. The van der Waals surface area contributed by atoms with Gasteiger partial charge in [0.1, 0.15) is 11.9 Å². The fourth-order valence-corrected chi connectivity index (χ4v) is 2.34. The molecule has 1 atom stereocenters. The molecular formula is C17H29ClN2O2. The molecule has 1 aromatic rings. The lowest BCUT2D eigenvalue weighted by atomic mass is 9.81. The first-order valence-corrected chi connectivity index (χ1v) is 7.69. The van der Waals surface area contributed by atoms with Gasteiger partial charge in [-0.15, -0.1) is 12.4 Å². The van der Waals surface area contributed by atoms with Crippen LogP contribution in [0.3, 0.4) is 0 Å². The van der Waals surface area contributed by atoms with E-state index >= 15 is 0 Å². The average molecular weight is 329 g/mol. The SMILES string of the molecule is CCC(CC)(CN)C(=O)NCC(C)Oc1cccc(C)c1.Cl.